The maximum Gasteiger partial charge on any atom is 0.321 e. The van der Waals surface area contributed by atoms with Crippen LogP contribution in [-0.4, -0.2) is 40.8 Å². The third-order valence-electron chi connectivity index (χ3n) is 5.54. The Morgan fingerprint density at radius 2 is 1.72 bits per heavy atom. The first kappa shape index (κ1) is 18.2. The molecule has 0 aromatic rings. The number of carbonyl (C=O) groups is 3. The molecule has 7 heteroatoms. The molecule has 4 aliphatic carbocycles. The molecule has 0 heterocycles. The molecule has 0 spiro atoms. The number of imide groups is 1. The molecule has 25 heavy (non-hydrogen) atoms. The van der Waals surface area contributed by atoms with E-state index in [0.717, 1.165) is 32.1 Å². The fraction of sp³-hybridized carbons (Fsp3) is 0.833. The number of hydrogen-bond acceptors (Lipinski definition) is 5. The zero-order valence-electron chi connectivity index (χ0n) is 15.2. The van der Waals surface area contributed by atoms with Gasteiger partial charge >= 0.3 is 12.0 Å². The lowest BCUT2D eigenvalue weighted by Crippen LogP contribution is -2.58. The number of rotatable bonds is 3. The Balaban J connectivity index is 1.53. The topological polar surface area (TPSA) is 105 Å². The second-order valence-electron chi connectivity index (χ2n) is 9.29. The summed E-state index contributed by atoms with van der Waals surface area (Å²) in [6.07, 6.45) is 4.51. The summed E-state index contributed by atoms with van der Waals surface area (Å²) >= 11 is 0. The normalized spacial score (nSPS) is 36.0. The van der Waals surface area contributed by atoms with E-state index in [1.54, 1.807) is 20.8 Å². The average Bonchev–Trinajstić information content (AvgIpc) is 2.39. The van der Waals surface area contributed by atoms with Crippen LogP contribution >= 0.6 is 0 Å². The van der Waals surface area contributed by atoms with E-state index >= 15 is 0 Å². The number of ether oxygens (including phenoxy) is 1. The molecular weight excluding hydrogens is 324 g/mol. The SMILES string of the molecule is CC(C)(C)NC(=O)NC(=O)COC(=O)C12C[C@H]3C[C@@H](CC(O)(C3)C1)C2. The first-order valence-corrected chi connectivity index (χ1v) is 9.00. The lowest BCUT2D eigenvalue weighted by molar-refractivity contribution is -0.196. The van der Waals surface area contributed by atoms with Gasteiger partial charge in [-0.3, -0.25) is 14.9 Å². The molecule has 0 radical (unpaired) electrons. The van der Waals surface area contributed by atoms with Crippen molar-refractivity contribution in [3.63, 3.8) is 0 Å². The summed E-state index contributed by atoms with van der Waals surface area (Å²) in [6.45, 7) is 4.92. The van der Waals surface area contributed by atoms with Crippen molar-refractivity contribution in [2.24, 2.45) is 17.3 Å². The van der Waals surface area contributed by atoms with Crippen LogP contribution in [0.15, 0.2) is 0 Å². The molecule has 4 aliphatic rings. The standard InChI is InChI=1S/C18H28N2O5/c1-16(2,3)20-15(23)19-13(21)9-25-14(22)17-5-11-4-12(6-17)8-18(24,7-11)10-17/h11-12,24H,4-10H2,1-3H3,(H2,19,20,21,23)/t11-,12-,17?,18?/m1/s1. The Morgan fingerprint density at radius 1 is 1.12 bits per heavy atom. The zero-order chi connectivity index (χ0) is 18.5. The van der Waals surface area contributed by atoms with Gasteiger partial charge in [0.2, 0.25) is 0 Å². The number of esters is 1. The van der Waals surface area contributed by atoms with Gasteiger partial charge in [0.05, 0.1) is 11.0 Å². The van der Waals surface area contributed by atoms with Crippen molar-refractivity contribution in [3.05, 3.63) is 0 Å². The van der Waals surface area contributed by atoms with E-state index in [4.69, 9.17) is 4.74 Å². The molecule has 3 amide bonds. The third kappa shape index (κ3) is 3.97. The van der Waals surface area contributed by atoms with Gasteiger partial charge in [-0.2, -0.15) is 0 Å². The molecule has 4 rings (SSSR count). The van der Waals surface area contributed by atoms with Crippen molar-refractivity contribution >= 4 is 17.9 Å². The van der Waals surface area contributed by atoms with E-state index < -0.39 is 41.1 Å². The molecule has 4 bridgehead atoms. The van der Waals surface area contributed by atoms with E-state index in [1.165, 1.54) is 0 Å². The summed E-state index contributed by atoms with van der Waals surface area (Å²) in [5, 5.41) is 15.4. The monoisotopic (exact) mass is 352 g/mol. The molecule has 0 aliphatic heterocycles. The van der Waals surface area contributed by atoms with Crippen LogP contribution in [0.4, 0.5) is 4.79 Å². The molecule has 140 valence electrons. The summed E-state index contributed by atoms with van der Waals surface area (Å²) in [5.74, 6) is -0.333. The van der Waals surface area contributed by atoms with Crippen LogP contribution in [0.5, 0.6) is 0 Å². The van der Waals surface area contributed by atoms with Crippen LogP contribution in [0.3, 0.4) is 0 Å². The lowest BCUT2D eigenvalue weighted by atomic mass is 9.48. The molecule has 4 fully saturated rings. The predicted octanol–water partition coefficient (Wildman–Crippen LogP) is 1.49. The number of aliphatic hydroxyl groups is 1. The molecule has 7 nitrogen and oxygen atoms in total. The highest BCUT2D eigenvalue weighted by molar-refractivity contribution is 5.96. The largest absolute Gasteiger partial charge is 0.455 e. The molecule has 0 saturated heterocycles. The van der Waals surface area contributed by atoms with Crippen molar-refractivity contribution < 1.29 is 24.2 Å². The summed E-state index contributed by atoms with van der Waals surface area (Å²) in [7, 11) is 0. The van der Waals surface area contributed by atoms with Crippen molar-refractivity contribution in [2.45, 2.75) is 70.4 Å². The molecule has 4 saturated carbocycles. The van der Waals surface area contributed by atoms with Crippen molar-refractivity contribution in [1.82, 2.24) is 10.6 Å². The van der Waals surface area contributed by atoms with E-state index in [9.17, 15) is 19.5 Å². The summed E-state index contributed by atoms with van der Waals surface area (Å²) in [4.78, 5) is 36.1. The fourth-order valence-corrected chi connectivity index (χ4v) is 5.27. The quantitative estimate of drug-likeness (QED) is 0.668. The van der Waals surface area contributed by atoms with Gasteiger partial charge in [0.25, 0.3) is 5.91 Å². The molecule has 3 N–H and O–H groups in total. The Hall–Kier alpha value is -1.63. The second kappa shape index (κ2) is 5.97. The highest BCUT2D eigenvalue weighted by Crippen LogP contribution is 2.61. The Kier molecular flexibility index (Phi) is 4.34. The van der Waals surface area contributed by atoms with Crippen LogP contribution in [-0.2, 0) is 14.3 Å². The number of urea groups is 1. The third-order valence-corrected chi connectivity index (χ3v) is 5.54. The van der Waals surface area contributed by atoms with Gasteiger partial charge in [-0.25, -0.2) is 4.79 Å². The summed E-state index contributed by atoms with van der Waals surface area (Å²) < 4.78 is 5.22. The van der Waals surface area contributed by atoms with Crippen LogP contribution in [0.2, 0.25) is 0 Å². The maximum absolute atomic E-state index is 12.6. The molecule has 2 atom stereocenters. The van der Waals surface area contributed by atoms with E-state index in [0.29, 0.717) is 18.3 Å². The fourth-order valence-electron chi connectivity index (χ4n) is 5.27. The first-order valence-electron chi connectivity index (χ1n) is 9.00. The molecule has 0 aromatic carbocycles. The van der Waals surface area contributed by atoms with Gasteiger partial charge in [-0.15, -0.1) is 0 Å². The van der Waals surface area contributed by atoms with Crippen molar-refractivity contribution in [1.29, 1.82) is 0 Å². The minimum atomic E-state index is -0.752. The minimum absolute atomic E-state index is 0.366. The van der Waals surface area contributed by atoms with Gasteiger partial charge in [-0.05, 0) is 71.1 Å². The smallest absolute Gasteiger partial charge is 0.321 e. The Bertz CT molecular complexity index is 581. The van der Waals surface area contributed by atoms with E-state index in [-0.39, 0.29) is 0 Å². The van der Waals surface area contributed by atoms with Gasteiger partial charge < -0.3 is 15.2 Å². The van der Waals surface area contributed by atoms with Crippen LogP contribution in [0.1, 0.15) is 59.3 Å². The van der Waals surface area contributed by atoms with Crippen molar-refractivity contribution in [2.75, 3.05) is 6.61 Å². The van der Waals surface area contributed by atoms with E-state index in [2.05, 4.69) is 10.6 Å². The van der Waals surface area contributed by atoms with Crippen LogP contribution < -0.4 is 10.6 Å². The van der Waals surface area contributed by atoms with Gasteiger partial charge in [-0.1, -0.05) is 0 Å². The van der Waals surface area contributed by atoms with Crippen molar-refractivity contribution in [3.8, 4) is 0 Å². The first-order chi connectivity index (χ1) is 11.5. The van der Waals surface area contributed by atoms with Gasteiger partial charge in [0.1, 0.15) is 0 Å². The lowest BCUT2D eigenvalue weighted by Gasteiger charge is -2.58. The number of hydrogen-bond donors (Lipinski definition) is 3. The Morgan fingerprint density at radius 3 is 2.24 bits per heavy atom. The van der Waals surface area contributed by atoms with Crippen LogP contribution in [0, 0.1) is 17.3 Å². The van der Waals surface area contributed by atoms with Crippen LogP contribution in [0.25, 0.3) is 0 Å². The number of amides is 3. The van der Waals surface area contributed by atoms with Gasteiger partial charge in [0, 0.05) is 5.54 Å². The second-order valence-corrected chi connectivity index (χ2v) is 9.29. The maximum atomic E-state index is 12.6. The zero-order valence-corrected chi connectivity index (χ0v) is 15.2. The average molecular weight is 352 g/mol. The number of nitrogens with one attached hydrogen (secondary N) is 2. The summed E-state index contributed by atoms with van der Waals surface area (Å²) in [5.41, 5.74) is -1.87. The van der Waals surface area contributed by atoms with E-state index in [1.807, 2.05) is 0 Å². The molecule has 0 unspecified atom stereocenters. The predicted molar refractivity (Wildman–Crippen MR) is 89.5 cm³/mol. The highest BCUT2D eigenvalue weighted by atomic mass is 16.5. The van der Waals surface area contributed by atoms with Gasteiger partial charge in [0.15, 0.2) is 6.61 Å². The number of carbonyl (C=O) groups excluding carboxylic acids is 3. The molecule has 0 aromatic heterocycles. The highest BCUT2D eigenvalue weighted by Gasteiger charge is 2.60. The molecular formula is C18H28N2O5. The summed E-state index contributed by atoms with van der Waals surface area (Å²) in [6, 6.07) is -0.613. The Labute approximate surface area is 147 Å². The minimum Gasteiger partial charge on any atom is -0.455 e.